The molecule has 37 heavy (non-hydrogen) atoms. The number of aryl methyl sites for hydroxylation is 1. The average Bonchev–Trinajstić information content (AvgIpc) is 2.90. The Hall–Kier alpha value is -4.59. The number of fused-ring (bicyclic) bond motifs is 3. The Morgan fingerprint density at radius 3 is 2.54 bits per heavy atom. The highest BCUT2D eigenvalue weighted by Crippen LogP contribution is 2.50. The van der Waals surface area contributed by atoms with E-state index in [9.17, 15) is 14.4 Å². The molecule has 0 spiro atoms. The molecule has 0 amide bonds. The van der Waals surface area contributed by atoms with Crippen molar-refractivity contribution >= 4 is 22.9 Å². The van der Waals surface area contributed by atoms with Crippen molar-refractivity contribution in [3.8, 4) is 28.4 Å². The number of rotatable bonds is 6. The number of carbonyl (C=O) groups excluding carboxylic acids is 2. The van der Waals surface area contributed by atoms with Crippen LogP contribution in [0.2, 0.25) is 0 Å². The summed E-state index contributed by atoms with van der Waals surface area (Å²) < 4.78 is 27.5. The molecule has 0 saturated heterocycles. The standard InChI is InChI=1S/C29H24O8/c1-16-12-22-27(19(13-23(30)36-22)17-8-5-4-6-9-17)29-26(16)20(14-24(31)37-29)18-10-7-11-21(33-2)28(18)35-15-25(32)34-3/h4-13,20H,14-15H2,1-3H3/t20-/m1/s1. The third kappa shape index (κ3) is 4.42. The first kappa shape index (κ1) is 24.1. The Labute approximate surface area is 212 Å². The van der Waals surface area contributed by atoms with Crippen LogP contribution in [0, 0.1) is 6.92 Å². The summed E-state index contributed by atoms with van der Waals surface area (Å²) in [6.07, 6.45) is 0.0402. The van der Waals surface area contributed by atoms with Gasteiger partial charge in [0.1, 0.15) is 11.3 Å². The van der Waals surface area contributed by atoms with E-state index in [1.165, 1.54) is 20.3 Å². The molecule has 5 rings (SSSR count). The zero-order valence-corrected chi connectivity index (χ0v) is 20.5. The number of esters is 2. The number of carbonyl (C=O) groups is 2. The first-order valence-corrected chi connectivity index (χ1v) is 11.6. The van der Waals surface area contributed by atoms with E-state index >= 15 is 0 Å². The topological polar surface area (TPSA) is 101 Å². The fourth-order valence-electron chi connectivity index (χ4n) is 4.82. The van der Waals surface area contributed by atoms with E-state index in [1.807, 2.05) is 43.3 Å². The maximum atomic E-state index is 13.0. The fraction of sp³-hybridized carbons (Fsp3) is 0.207. The summed E-state index contributed by atoms with van der Waals surface area (Å²) in [7, 11) is 2.78. The predicted octanol–water partition coefficient (Wildman–Crippen LogP) is 4.77. The van der Waals surface area contributed by atoms with Gasteiger partial charge in [-0.15, -0.1) is 0 Å². The molecule has 0 saturated carbocycles. The van der Waals surface area contributed by atoms with Crippen LogP contribution < -0.4 is 19.8 Å². The van der Waals surface area contributed by atoms with E-state index < -0.39 is 23.5 Å². The second-order valence-corrected chi connectivity index (χ2v) is 8.63. The van der Waals surface area contributed by atoms with Gasteiger partial charge in [0.25, 0.3) is 0 Å². The first-order chi connectivity index (χ1) is 17.9. The van der Waals surface area contributed by atoms with Crippen LogP contribution in [0.25, 0.3) is 22.1 Å². The van der Waals surface area contributed by atoms with Gasteiger partial charge in [-0.05, 0) is 30.2 Å². The highest BCUT2D eigenvalue weighted by molar-refractivity contribution is 6.01. The van der Waals surface area contributed by atoms with E-state index in [0.29, 0.717) is 39.3 Å². The highest BCUT2D eigenvalue weighted by atomic mass is 16.6. The summed E-state index contributed by atoms with van der Waals surface area (Å²) in [6.45, 7) is 1.54. The lowest BCUT2D eigenvalue weighted by atomic mass is 9.81. The van der Waals surface area contributed by atoms with Crippen molar-refractivity contribution in [2.24, 2.45) is 0 Å². The Morgan fingerprint density at radius 2 is 1.81 bits per heavy atom. The van der Waals surface area contributed by atoms with Crippen molar-refractivity contribution < 1.29 is 33.0 Å². The van der Waals surface area contributed by atoms with Crippen molar-refractivity contribution in [3.05, 3.63) is 87.8 Å². The summed E-state index contributed by atoms with van der Waals surface area (Å²) in [5, 5.41) is 0.532. The molecule has 4 aromatic rings. The van der Waals surface area contributed by atoms with Gasteiger partial charge in [-0.25, -0.2) is 9.59 Å². The van der Waals surface area contributed by atoms with Crippen molar-refractivity contribution in [2.75, 3.05) is 20.8 Å². The number of benzene rings is 3. The molecule has 0 unspecified atom stereocenters. The number of methoxy groups -OCH3 is 2. The van der Waals surface area contributed by atoms with E-state index in [1.54, 1.807) is 18.2 Å². The lowest BCUT2D eigenvalue weighted by molar-refractivity contribution is -0.143. The van der Waals surface area contributed by atoms with Crippen LogP contribution in [0.1, 0.15) is 29.0 Å². The molecule has 1 aliphatic heterocycles. The monoisotopic (exact) mass is 500 g/mol. The van der Waals surface area contributed by atoms with Gasteiger partial charge in [0, 0.05) is 28.7 Å². The Bertz CT molecular complexity index is 1570. The SMILES string of the molecule is COC(=O)COc1c(OC)cccc1[C@H]1CC(=O)Oc2c1c(C)cc1oc(=O)cc(-c3ccccc3)c21. The summed E-state index contributed by atoms with van der Waals surface area (Å²) in [6, 6.07) is 17.9. The van der Waals surface area contributed by atoms with Crippen molar-refractivity contribution in [1.29, 1.82) is 0 Å². The number of hydrogen-bond acceptors (Lipinski definition) is 8. The van der Waals surface area contributed by atoms with Gasteiger partial charge < -0.3 is 23.4 Å². The molecule has 1 aromatic heterocycles. The van der Waals surface area contributed by atoms with Crippen molar-refractivity contribution in [2.45, 2.75) is 19.3 Å². The van der Waals surface area contributed by atoms with Gasteiger partial charge in [-0.2, -0.15) is 0 Å². The second kappa shape index (κ2) is 9.81. The summed E-state index contributed by atoms with van der Waals surface area (Å²) in [4.78, 5) is 37.3. The molecule has 0 N–H and O–H groups in total. The Kier molecular flexibility index (Phi) is 6.40. The maximum absolute atomic E-state index is 13.0. The summed E-state index contributed by atoms with van der Waals surface area (Å²) >= 11 is 0. The Morgan fingerprint density at radius 1 is 1.03 bits per heavy atom. The van der Waals surface area contributed by atoms with E-state index in [4.69, 9.17) is 23.4 Å². The molecule has 1 aliphatic rings. The van der Waals surface area contributed by atoms with Crippen LogP contribution in [-0.2, 0) is 14.3 Å². The van der Waals surface area contributed by atoms with Gasteiger partial charge in [0.05, 0.1) is 26.0 Å². The van der Waals surface area contributed by atoms with E-state index in [0.717, 1.165) is 16.7 Å². The minimum atomic E-state index is -0.551. The first-order valence-electron chi connectivity index (χ1n) is 11.6. The molecule has 3 aromatic carbocycles. The van der Waals surface area contributed by atoms with Crippen LogP contribution >= 0.6 is 0 Å². The van der Waals surface area contributed by atoms with E-state index in [2.05, 4.69) is 0 Å². The van der Waals surface area contributed by atoms with Gasteiger partial charge in [0.15, 0.2) is 18.1 Å². The van der Waals surface area contributed by atoms with Crippen molar-refractivity contribution in [3.63, 3.8) is 0 Å². The van der Waals surface area contributed by atoms with Gasteiger partial charge in [0.2, 0.25) is 0 Å². The molecular formula is C29H24O8. The smallest absolute Gasteiger partial charge is 0.343 e. The van der Waals surface area contributed by atoms with Crippen LogP contribution in [0.3, 0.4) is 0 Å². The zero-order chi connectivity index (χ0) is 26.1. The quantitative estimate of drug-likeness (QED) is 0.212. The summed E-state index contributed by atoms with van der Waals surface area (Å²) in [5.74, 6) is -0.388. The maximum Gasteiger partial charge on any atom is 0.343 e. The molecular weight excluding hydrogens is 476 g/mol. The molecule has 1 atom stereocenters. The normalized spacial score (nSPS) is 14.6. The van der Waals surface area contributed by atoms with Crippen LogP contribution in [-0.4, -0.2) is 32.8 Å². The highest BCUT2D eigenvalue weighted by Gasteiger charge is 2.35. The van der Waals surface area contributed by atoms with Gasteiger partial charge in [-0.1, -0.05) is 42.5 Å². The molecule has 8 heteroatoms. The van der Waals surface area contributed by atoms with Crippen LogP contribution in [0.15, 0.2) is 69.9 Å². The molecule has 0 bridgehead atoms. The molecule has 2 heterocycles. The van der Waals surface area contributed by atoms with E-state index in [-0.39, 0.29) is 13.0 Å². The lowest BCUT2D eigenvalue weighted by Crippen LogP contribution is -2.23. The largest absolute Gasteiger partial charge is 0.493 e. The zero-order valence-electron chi connectivity index (χ0n) is 20.5. The number of para-hydroxylation sites is 1. The minimum absolute atomic E-state index is 0.0402. The number of ether oxygens (including phenoxy) is 4. The molecule has 188 valence electrons. The summed E-state index contributed by atoms with van der Waals surface area (Å²) in [5.41, 5.74) is 3.39. The predicted molar refractivity (Wildman–Crippen MR) is 135 cm³/mol. The molecule has 0 radical (unpaired) electrons. The molecule has 0 fully saturated rings. The second-order valence-electron chi connectivity index (χ2n) is 8.63. The molecule has 0 aliphatic carbocycles. The van der Waals surface area contributed by atoms with Gasteiger partial charge >= 0.3 is 17.6 Å². The van der Waals surface area contributed by atoms with Crippen LogP contribution in [0.4, 0.5) is 0 Å². The third-order valence-electron chi connectivity index (χ3n) is 6.42. The average molecular weight is 501 g/mol. The van der Waals surface area contributed by atoms with Gasteiger partial charge in [-0.3, -0.25) is 4.79 Å². The fourth-order valence-corrected chi connectivity index (χ4v) is 4.82. The Balaban J connectivity index is 1.77. The minimum Gasteiger partial charge on any atom is -0.493 e. The number of hydrogen-bond donors (Lipinski definition) is 0. The van der Waals surface area contributed by atoms with Crippen LogP contribution in [0.5, 0.6) is 17.2 Å². The lowest BCUT2D eigenvalue weighted by Gasteiger charge is -2.29. The molecule has 8 nitrogen and oxygen atoms in total. The van der Waals surface area contributed by atoms with Crippen molar-refractivity contribution in [1.82, 2.24) is 0 Å². The third-order valence-corrected chi connectivity index (χ3v) is 6.42.